The van der Waals surface area contributed by atoms with E-state index in [9.17, 15) is 8.42 Å². The van der Waals surface area contributed by atoms with E-state index in [0.717, 1.165) is 0 Å². The number of benzene rings is 1. The minimum absolute atomic E-state index is 0.212. The molecular formula is C12H15ClN4O2S. The van der Waals surface area contributed by atoms with Crippen LogP contribution in [0.1, 0.15) is 13.8 Å². The third-order valence-corrected chi connectivity index (χ3v) is 3.65. The van der Waals surface area contributed by atoms with Gasteiger partial charge in [-0.2, -0.15) is 0 Å². The number of rotatable bonds is 4. The molecule has 0 bridgehead atoms. The van der Waals surface area contributed by atoms with Gasteiger partial charge in [-0.05, 0) is 18.1 Å². The molecule has 0 atom stereocenters. The van der Waals surface area contributed by atoms with Crippen molar-refractivity contribution >= 4 is 21.6 Å². The Kier molecular flexibility index (Phi) is 4.12. The van der Waals surface area contributed by atoms with Gasteiger partial charge in [0.1, 0.15) is 0 Å². The Morgan fingerprint density at radius 3 is 2.60 bits per heavy atom. The predicted molar refractivity (Wildman–Crippen MR) is 76.7 cm³/mol. The molecule has 0 fully saturated rings. The molecule has 1 aromatic heterocycles. The van der Waals surface area contributed by atoms with E-state index in [-0.39, 0.29) is 11.1 Å². The summed E-state index contributed by atoms with van der Waals surface area (Å²) < 4.78 is 24.7. The van der Waals surface area contributed by atoms with Crippen LogP contribution in [0.3, 0.4) is 0 Å². The minimum atomic E-state index is -3.92. The average Bonchev–Trinajstić information content (AvgIpc) is 2.71. The molecule has 0 saturated heterocycles. The van der Waals surface area contributed by atoms with Crippen molar-refractivity contribution in [3.05, 3.63) is 29.3 Å². The third-order valence-electron chi connectivity index (χ3n) is 2.60. The summed E-state index contributed by atoms with van der Waals surface area (Å²) in [4.78, 5) is 0. The number of hydrogen-bond donors (Lipinski definition) is 1. The summed E-state index contributed by atoms with van der Waals surface area (Å²) in [5.41, 5.74) is 0.695. The number of hydrogen-bond acceptors (Lipinski definition) is 4. The molecular weight excluding hydrogens is 300 g/mol. The van der Waals surface area contributed by atoms with Gasteiger partial charge in [0, 0.05) is 17.1 Å². The van der Waals surface area contributed by atoms with Crippen LogP contribution in [-0.2, 0) is 16.6 Å². The molecule has 6 nitrogen and oxygen atoms in total. The second kappa shape index (κ2) is 5.51. The largest absolute Gasteiger partial charge is 0.296 e. The highest BCUT2D eigenvalue weighted by atomic mass is 35.5. The SMILES string of the molecule is CC(C)Cn1c(-c2cccc(Cl)c2)nnc1S(N)(=O)=O. The van der Waals surface area contributed by atoms with Crippen LogP contribution < -0.4 is 5.14 Å². The van der Waals surface area contributed by atoms with Crippen molar-refractivity contribution in [2.45, 2.75) is 25.5 Å². The van der Waals surface area contributed by atoms with Crippen molar-refractivity contribution < 1.29 is 8.42 Å². The van der Waals surface area contributed by atoms with Gasteiger partial charge in [0.05, 0.1) is 0 Å². The first-order chi connectivity index (χ1) is 9.29. The zero-order valence-electron chi connectivity index (χ0n) is 11.1. The van der Waals surface area contributed by atoms with Gasteiger partial charge in [-0.3, -0.25) is 4.57 Å². The standard InChI is InChI=1S/C12H15ClN4O2S/c1-8(2)7-17-11(9-4-3-5-10(13)6-9)15-16-12(17)20(14,18)19/h3-6,8H,7H2,1-2H3,(H2,14,18,19). The molecule has 108 valence electrons. The predicted octanol–water partition coefficient (Wildman–Crippen LogP) is 1.90. The number of primary sulfonamides is 1. The Hall–Kier alpha value is -1.44. The zero-order chi connectivity index (χ0) is 14.9. The molecule has 2 rings (SSSR count). The monoisotopic (exact) mass is 314 g/mol. The maximum Gasteiger partial charge on any atom is 0.273 e. The Morgan fingerprint density at radius 1 is 1.35 bits per heavy atom. The van der Waals surface area contributed by atoms with E-state index in [0.29, 0.717) is 23.0 Å². The topological polar surface area (TPSA) is 90.9 Å². The first-order valence-corrected chi connectivity index (χ1v) is 7.93. The van der Waals surface area contributed by atoms with Crippen LogP contribution in [-0.4, -0.2) is 23.2 Å². The highest BCUT2D eigenvalue weighted by Gasteiger charge is 2.22. The summed E-state index contributed by atoms with van der Waals surface area (Å²) in [5, 5.41) is 13.1. The number of sulfonamides is 1. The van der Waals surface area contributed by atoms with Crippen molar-refractivity contribution in [3.8, 4) is 11.4 Å². The van der Waals surface area contributed by atoms with Crippen molar-refractivity contribution in [1.82, 2.24) is 14.8 Å². The zero-order valence-corrected chi connectivity index (χ0v) is 12.7. The summed E-state index contributed by atoms with van der Waals surface area (Å²) in [6.45, 7) is 4.38. The van der Waals surface area contributed by atoms with E-state index in [2.05, 4.69) is 10.2 Å². The van der Waals surface area contributed by atoms with Crippen LogP contribution in [0, 0.1) is 5.92 Å². The lowest BCUT2D eigenvalue weighted by molar-refractivity contribution is 0.486. The molecule has 0 amide bonds. The summed E-state index contributed by atoms with van der Waals surface area (Å²) in [7, 11) is -3.92. The highest BCUT2D eigenvalue weighted by Crippen LogP contribution is 2.23. The van der Waals surface area contributed by atoms with Crippen molar-refractivity contribution in [1.29, 1.82) is 0 Å². The van der Waals surface area contributed by atoms with E-state index >= 15 is 0 Å². The van der Waals surface area contributed by atoms with Gasteiger partial charge in [0.25, 0.3) is 15.2 Å². The number of nitrogens with zero attached hydrogens (tertiary/aromatic N) is 3. The molecule has 0 saturated carbocycles. The van der Waals surface area contributed by atoms with Crippen LogP contribution in [0.25, 0.3) is 11.4 Å². The second-order valence-corrected chi connectivity index (χ2v) is 6.76. The molecule has 0 unspecified atom stereocenters. The lowest BCUT2D eigenvalue weighted by atomic mass is 10.2. The third kappa shape index (κ3) is 3.17. The van der Waals surface area contributed by atoms with Gasteiger partial charge >= 0.3 is 0 Å². The Morgan fingerprint density at radius 2 is 2.05 bits per heavy atom. The fourth-order valence-electron chi connectivity index (χ4n) is 1.87. The normalized spacial score (nSPS) is 12.1. The number of aromatic nitrogens is 3. The summed E-state index contributed by atoms with van der Waals surface area (Å²) in [6, 6.07) is 6.99. The van der Waals surface area contributed by atoms with E-state index < -0.39 is 10.0 Å². The van der Waals surface area contributed by atoms with Gasteiger partial charge < -0.3 is 0 Å². The lowest BCUT2D eigenvalue weighted by Crippen LogP contribution is -2.20. The van der Waals surface area contributed by atoms with Gasteiger partial charge in [0.15, 0.2) is 5.82 Å². The molecule has 0 aliphatic heterocycles. The quantitative estimate of drug-likeness (QED) is 0.933. The molecule has 8 heteroatoms. The second-order valence-electron chi connectivity index (χ2n) is 4.87. The number of halogens is 1. The van der Waals surface area contributed by atoms with Crippen LogP contribution in [0.5, 0.6) is 0 Å². The molecule has 0 aliphatic rings. The lowest BCUT2D eigenvalue weighted by Gasteiger charge is -2.11. The smallest absolute Gasteiger partial charge is 0.273 e. The average molecular weight is 315 g/mol. The van der Waals surface area contributed by atoms with Gasteiger partial charge in [0.2, 0.25) is 0 Å². The van der Waals surface area contributed by atoms with Crippen molar-refractivity contribution in [2.24, 2.45) is 11.1 Å². The highest BCUT2D eigenvalue weighted by molar-refractivity contribution is 7.89. The molecule has 2 aromatic rings. The first kappa shape index (κ1) is 15.0. The fourth-order valence-corrected chi connectivity index (χ4v) is 2.68. The molecule has 2 N–H and O–H groups in total. The van der Waals surface area contributed by atoms with E-state index in [1.54, 1.807) is 24.3 Å². The molecule has 0 radical (unpaired) electrons. The number of nitrogens with two attached hydrogens (primary N) is 1. The summed E-state index contributed by atoms with van der Waals surface area (Å²) in [5.74, 6) is 0.648. The van der Waals surface area contributed by atoms with E-state index in [1.165, 1.54) is 4.57 Å². The maximum atomic E-state index is 11.6. The first-order valence-electron chi connectivity index (χ1n) is 6.01. The van der Waals surface area contributed by atoms with Crippen molar-refractivity contribution in [2.75, 3.05) is 0 Å². The molecule has 1 heterocycles. The van der Waals surface area contributed by atoms with Crippen molar-refractivity contribution in [3.63, 3.8) is 0 Å². The summed E-state index contributed by atoms with van der Waals surface area (Å²) >= 11 is 5.95. The Bertz CT molecular complexity index is 725. The van der Waals surface area contributed by atoms with Gasteiger partial charge in [-0.25, -0.2) is 13.6 Å². The van der Waals surface area contributed by atoms with E-state index in [1.807, 2.05) is 13.8 Å². The van der Waals surface area contributed by atoms with E-state index in [4.69, 9.17) is 16.7 Å². The molecule has 0 spiro atoms. The van der Waals surface area contributed by atoms with Crippen LogP contribution in [0.2, 0.25) is 5.02 Å². The molecule has 1 aromatic carbocycles. The van der Waals surface area contributed by atoms with Crippen LogP contribution in [0.4, 0.5) is 0 Å². The summed E-state index contributed by atoms with van der Waals surface area (Å²) in [6.07, 6.45) is 0. The van der Waals surface area contributed by atoms with Crippen LogP contribution >= 0.6 is 11.6 Å². The Balaban J connectivity index is 2.62. The van der Waals surface area contributed by atoms with Gasteiger partial charge in [-0.15, -0.1) is 10.2 Å². The van der Waals surface area contributed by atoms with Gasteiger partial charge in [-0.1, -0.05) is 37.6 Å². The molecule has 20 heavy (non-hydrogen) atoms. The minimum Gasteiger partial charge on any atom is -0.296 e. The maximum absolute atomic E-state index is 11.6. The van der Waals surface area contributed by atoms with Crippen LogP contribution in [0.15, 0.2) is 29.4 Å². The Labute approximate surface area is 122 Å². The fraction of sp³-hybridized carbons (Fsp3) is 0.333. The molecule has 0 aliphatic carbocycles.